The smallest absolute Gasteiger partial charge is 0.129 e. The number of fused-ring (bicyclic) bond motifs is 3. The van der Waals surface area contributed by atoms with E-state index in [1.165, 1.54) is 245 Å². The highest BCUT2D eigenvalue weighted by Gasteiger charge is 2.60. The Bertz CT molecular complexity index is 2180. The summed E-state index contributed by atoms with van der Waals surface area (Å²) in [6.07, 6.45) is 24.2. The van der Waals surface area contributed by atoms with Gasteiger partial charge in [-0.15, -0.1) is 0 Å². The fraction of sp³-hybridized carbons (Fsp3) is 0.926. The monoisotopic (exact) mass is 1460 g/mol. The number of likely N-dealkylation sites (N-methyl/N-ethyl adjacent to an activating group) is 2. The normalized spacial score (nSPS) is 21.8. The topological polar surface area (TPSA) is 0 Å². The van der Waals surface area contributed by atoms with Crippen molar-refractivity contribution in [1.82, 2.24) is 0 Å². The first kappa shape index (κ1) is 96.9. The van der Waals surface area contributed by atoms with Crippen LogP contribution in [0.1, 0.15) is 169 Å². The van der Waals surface area contributed by atoms with E-state index in [0.717, 1.165) is 79.1 Å². The van der Waals surface area contributed by atoms with Crippen molar-refractivity contribution in [3.05, 3.63) is 31.2 Å². The number of nitrogens with zero attached hydrogens (tertiary/aromatic N) is 12. The maximum Gasteiger partial charge on any atom is 0.129 e. The highest BCUT2D eigenvalue weighted by molar-refractivity contribution is 6.52. The summed E-state index contributed by atoms with van der Waals surface area (Å²) in [5.74, 6) is 0.945. The average molecular weight is 1460 g/mol. The second-order valence-electron chi connectivity index (χ2n) is 41.3. The Labute approximate surface area is 629 Å². The summed E-state index contributed by atoms with van der Waals surface area (Å²) in [5, 5.41) is 1.86. The number of likely N-dealkylation sites (tertiary alicyclic amines) is 3. The number of hydrogen-bond donors (Lipinski definition) is 0. The molecule has 1 aromatic carbocycles. The van der Waals surface area contributed by atoms with Gasteiger partial charge in [0.15, 0.2) is 0 Å². The molecule has 3 unspecified atom stereocenters. The number of piperidine rings is 1. The molecule has 16 heteroatoms. The Kier molecular flexibility index (Phi) is 41.7. The third-order valence-electron chi connectivity index (χ3n) is 22.8. The fourth-order valence-corrected chi connectivity index (χ4v) is 16.5. The SMILES string of the molecule is CC12CCC(C[N+](C)(CCC[N+](C)(C)C)C1)C2(C)C.CC[N+](CC)(CC)CC.C[N+](C)(C)C.C[N+](C)(C)CCCCCC[N+](C)(C)C.C[N+](C)(C)CCCCC[N+](C)(C)C.C[N+](C)(C)CC[N+]1(C)Cc2c(Cl)c(Cl)c(Cl)c(Cl)c2C1.C[N+]1(CCCCC[N+]2(C)CCCC2)CCCC1. The molecule has 0 radical (unpaired) electrons. The third kappa shape index (κ3) is 42.0. The molecule has 12 nitrogen and oxygen atoms in total. The van der Waals surface area contributed by atoms with Crippen molar-refractivity contribution in [2.75, 3.05) is 314 Å². The predicted molar refractivity (Wildman–Crippen MR) is 435 cm³/mol. The van der Waals surface area contributed by atoms with E-state index in [0.29, 0.717) is 30.9 Å². The van der Waals surface area contributed by atoms with Gasteiger partial charge in [-0.2, -0.15) is 0 Å². The van der Waals surface area contributed by atoms with Crippen LogP contribution in [0.4, 0.5) is 0 Å². The van der Waals surface area contributed by atoms with Crippen LogP contribution in [-0.4, -0.2) is 368 Å². The van der Waals surface area contributed by atoms with Gasteiger partial charge in [0.2, 0.25) is 0 Å². The standard InChI is InChI=1S/C17H36N2.C15H32N2.C14H20Cl4N2.C12H30N2.C11H28N2.C8H20N.C4H12N/c1-16(2)15-9-10-17(16,3)14-19(7,13-15)12-8-11-18(4,5)6;1-16(12-6-7-13-16)10-4-3-5-11-17(2)14-8-9-15-17;1-19(2,3)5-6-20(4)7-9-10(8-20)12(16)14(18)13(17)11(9)15;1-13(2,3)11-9-7-8-10-12-14(4,5)6;1-12(2,3)10-8-7-9-11-13(4,5)6;1-5-9(6-2,7-3)8-4;1-5(2,3)4/h15H,8-14H2,1-7H3;3-15H2,1-2H3;5-8H2,1-4H3;7-12H2,1-6H3;7-11H2,1-6H3;5-8H2,1-4H3;1-4H3/q5*+2;2*+1. The molecule has 4 fully saturated rings. The molecule has 3 saturated heterocycles. The van der Waals surface area contributed by atoms with E-state index in [9.17, 15) is 0 Å². The van der Waals surface area contributed by atoms with E-state index in [4.69, 9.17) is 46.4 Å². The molecule has 4 aliphatic heterocycles. The molecule has 1 saturated carbocycles. The van der Waals surface area contributed by atoms with Crippen LogP contribution in [0.15, 0.2) is 0 Å². The molecule has 1 aromatic rings. The largest absolute Gasteiger partial charge is 0.333 e. The van der Waals surface area contributed by atoms with Gasteiger partial charge < -0.3 is 53.8 Å². The molecule has 6 rings (SSSR count). The first-order chi connectivity index (χ1) is 43.8. The Morgan fingerprint density at radius 2 is 0.629 bits per heavy atom. The fourth-order valence-electron chi connectivity index (χ4n) is 15.4. The summed E-state index contributed by atoms with van der Waals surface area (Å²) < 4.78 is 13.7. The molecule has 5 aliphatic rings. The summed E-state index contributed by atoms with van der Waals surface area (Å²) in [6, 6.07) is 0. The molecular formula is C81H178Cl4N12+12. The average Bonchev–Trinajstić information content (AvgIpc) is 1.61. The molecule has 3 atom stereocenters. The van der Waals surface area contributed by atoms with Crippen LogP contribution in [0.25, 0.3) is 0 Å². The maximum absolute atomic E-state index is 6.34. The highest BCUT2D eigenvalue weighted by atomic mass is 35.5. The summed E-state index contributed by atoms with van der Waals surface area (Å²) in [5.41, 5.74) is 3.23. The number of benzene rings is 1. The zero-order valence-corrected chi connectivity index (χ0v) is 75.1. The Balaban J connectivity index is 0.00000114. The van der Waals surface area contributed by atoms with Crippen LogP contribution >= 0.6 is 46.4 Å². The lowest BCUT2D eigenvalue weighted by molar-refractivity contribution is -0.961. The van der Waals surface area contributed by atoms with E-state index in [2.05, 4.69) is 232 Å². The van der Waals surface area contributed by atoms with Crippen LogP contribution < -0.4 is 0 Å². The van der Waals surface area contributed by atoms with Crippen LogP contribution in [0, 0.1) is 16.7 Å². The molecule has 2 bridgehead atoms. The van der Waals surface area contributed by atoms with Crippen molar-refractivity contribution in [2.24, 2.45) is 16.7 Å². The summed E-state index contributed by atoms with van der Waals surface area (Å²) in [4.78, 5) is 0. The van der Waals surface area contributed by atoms with Crippen molar-refractivity contribution in [1.29, 1.82) is 0 Å². The van der Waals surface area contributed by atoms with Gasteiger partial charge in [-0.05, 0) is 110 Å². The minimum Gasteiger partial charge on any atom is -0.333 e. The molecule has 97 heavy (non-hydrogen) atoms. The molecule has 0 N–H and O–H groups in total. The number of rotatable bonds is 30. The van der Waals surface area contributed by atoms with Gasteiger partial charge in [-0.25, -0.2) is 0 Å². The van der Waals surface area contributed by atoms with Crippen molar-refractivity contribution in [3.63, 3.8) is 0 Å². The Hall–Kier alpha value is -0.100. The van der Waals surface area contributed by atoms with Gasteiger partial charge in [0.05, 0.1) is 321 Å². The zero-order chi connectivity index (χ0) is 75.6. The molecule has 0 amide bonds. The van der Waals surface area contributed by atoms with Gasteiger partial charge in [0.1, 0.15) is 26.2 Å². The summed E-state index contributed by atoms with van der Waals surface area (Å²) in [7, 11) is 58.9. The van der Waals surface area contributed by atoms with Crippen molar-refractivity contribution in [3.8, 4) is 0 Å². The summed E-state index contributed by atoms with van der Waals surface area (Å²) >= 11 is 25.0. The van der Waals surface area contributed by atoms with Crippen LogP contribution in [-0.2, 0) is 13.1 Å². The molecule has 1 aliphatic carbocycles. The number of hydrogen-bond acceptors (Lipinski definition) is 0. The van der Waals surface area contributed by atoms with Crippen molar-refractivity contribution >= 4 is 46.4 Å². The van der Waals surface area contributed by atoms with E-state index in [1.54, 1.807) is 0 Å². The van der Waals surface area contributed by atoms with E-state index < -0.39 is 0 Å². The zero-order valence-electron chi connectivity index (χ0n) is 72.0. The minimum absolute atomic E-state index is 0.372. The predicted octanol–water partition coefficient (Wildman–Crippen LogP) is 15.8. The van der Waals surface area contributed by atoms with Crippen LogP contribution in [0.2, 0.25) is 20.1 Å². The number of unbranched alkanes of at least 4 members (excludes halogenated alkanes) is 7. The van der Waals surface area contributed by atoms with Gasteiger partial charge in [0.25, 0.3) is 0 Å². The van der Waals surface area contributed by atoms with E-state index in [1.807, 2.05) is 0 Å². The lowest BCUT2D eigenvalue weighted by atomic mass is 9.62. The van der Waals surface area contributed by atoms with Crippen molar-refractivity contribution < 1.29 is 53.8 Å². The molecular weight excluding hydrogens is 1280 g/mol. The van der Waals surface area contributed by atoms with Gasteiger partial charge in [-0.3, -0.25) is 0 Å². The lowest BCUT2D eigenvalue weighted by Crippen LogP contribution is -2.61. The van der Waals surface area contributed by atoms with Gasteiger partial charge in [0, 0.05) is 54.6 Å². The second-order valence-corrected chi connectivity index (χ2v) is 42.8. The van der Waals surface area contributed by atoms with Crippen LogP contribution in [0.5, 0.6) is 0 Å². The quantitative estimate of drug-likeness (QED) is 0.0312. The maximum atomic E-state index is 6.34. The highest BCUT2D eigenvalue weighted by Crippen LogP contribution is 2.60. The van der Waals surface area contributed by atoms with Gasteiger partial charge >= 0.3 is 0 Å². The van der Waals surface area contributed by atoms with E-state index >= 15 is 0 Å². The number of halogens is 4. The number of quaternary nitrogens is 12. The first-order valence-corrected chi connectivity index (χ1v) is 41.0. The first-order valence-electron chi connectivity index (χ1n) is 39.4. The van der Waals surface area contributed by atoms with E-state index in [-0.39, 0.29) is 0 Å². The Morgan fingerprint density at radius 1 is 0.351 bits per heavy atom. The van der Waals surface area contributed by atoms with Crippen molar-refractivity contribution in [2.45, 2.75) is 171 Å². The molecule has 0 aromatic heterocycles. The minimum atomic E-state index is 0.372. The lowest BCUT2D eigenvalue weighted by Gasteiger charge is -2.54. The Morgan fingerprint density at radius 3 is 0.907 bits per heavy atom. The third-order valence-corrected chi connectivity index (χ3v) is 24.7. The molecule has 578 valence electrons. The van der Waals surface area contributed by atoms with Crippen LogP contribution in [0.3, 0.4) is 0 Å². The van der Waals surface area contributed by atoms with Gasteiger partial charge in [-0.1, -0.05) is 67.2 Å². The second kappa shape index (κ2) is 41.7. The molecule has 4 heterocycles. The molecule has 0 spiro atoms. The summed E-state index contributed by atoms with van der Waals surface area (Å²) in [6.45, 7) is 45.0.